The van der Waals surface area contributed by atoms with Gasteiger partial charge in [-0.05, 0) is 49.9 Å². The summed E-state index contributed by atoms with van der Waals surface area (Å²) < 4.78 is 5.11. The number of carbonyl (C=O) groups excluding carboxylic acids is 2. The molecule has 2 rings (SSSR count). The van der Waals surface area contributed by atoms with Crippen molar-refractivity contribution in [1.82, 2.24) is 9.88 Å². The van der Waals surface area contributed by atoms with Crippen molar-refractivity contribution in [1.29, 1.82) is 0 Å². The molecule has 0 atom stereocenters. The molecule has 0 spiro atoms. The van der Waals surface area contributed by atoms with E-state index in [0.29, 0.717) is 11.3 Å². The number of carbonyl (C=O) groups is 2. The van der Waals surface area contributed by atoms with Gasteiger partial charge < -0.3 is 14.7 Å². The number of esters is 1. The van der Waals surface area contributed by atoms with Crippen LogP contribution in [-0.2, 0) is 4.74 Å². The van der Waals surface area contributed by atoms with Crippen molar-refractivity contribution in [2.24, 2.45) is 10.2 Å². The molecule has 1 aromatic carbocycles. The van der Waals surface area contributed by atoms with Crippen LogP contribution in [0.2, 0.25) is 0 Å². The van der Waals surface area contributed by atoms with E-state index in [1.165, 1.54) is 103 Å². The first-order valence-corrected chi connectivity index (χ1v) is 20.2. The number of pyridine rings is 1. The molecule has 0 fully saturated rings. The molecule has 51 heavy (non-hydrogen) atoms. The van der Waals surface area contributed by atoms with Crippen molar-refractivity contribution < 1.29 is 19.4 Å². The number of ether oxygens (including phenoxy) is 1. The van der Waals surface area contributed by atoms with Crippen LogP contribution in [0.4, 0.5) is 11.4 Å². The molecule has 2 N–H and O–H groups in total. The first-order chi connectivity index (χ1) is 24.7. The van der Waals surface area contributed by atoms with E-state index < -0.39 is 17.4 Å². The number of nitrogens with one attached hydrogen (secondary N) is 1. The van der Waals surface area contributed by atoms with Crippen LogP contribution in [0.1, 0.15) is 195 Å². The van der Waals surface area contributed by atoms with Gasteiger partial charge in [-0.1, -0.05) is 143 Å². The molecule has 0 aliphatic rings. The van der Waals surface area contributed by atoms with Crippen LogP contribution in [0.25, 0.3) is 0 Å². The predicted octanol–water partition coefficient (Wildman–Crippen LogP) is 12.1. The summed E-state index contributed by atoms with van der Waals surface area (Å²) in [5.74, 6) is -1.58. The minimum Gasteiger partial charge on any atom is -0.494 e. The fraction of sp³-hybridized carbons (Fsp3) is 0.690. The SMILES string of the molecule is CCCCCCCCCCCCN(CCCCCCCCCCCC)C(=O)c1ccc(N=Nc2c(C(C)C)c(C(=O)OCC)c(O)[nH]c2=O)cc1. The molecule has 1 amide bonds. The molecule has 0 aliphatic heterocycles. The molecule has 1 aromatic heterocycles. The Morgan fingerprint density at radius 1 is 0.706 bits per heavy atom. The number of hydrogen-bond donors (Lipinski definition) is 2. The Hall–Kier alpha value is -3.49. The second kappa shape index (κ2) is 26.3. The highest BCUT2D eigenvalue weighted by Crippen LogP contribution is 2.33. The first kappa shape index (κ1) is 43.7. The lowest BCUT2D eigenvalue weighted by Crippen LogP contribution is -2.33. The average Bonchev–Trinajstić information content (AvgIpc) is 3.11. The average molecular weight is 709 g/mol. The second-order valence-corrected chi connectivity index (χ2v) is 14.2. The van der Waals surface area contributed by atoms with Gasteiger partial charge in [-0.15, -0.1) is 5.11 Å². The zero-order valence-electron chi connectivity index (χ0n) is 32.6. The van der Waals surface area contributed by atoms with Gasteiger partial charge in [0.1, 0.15) is 5.56 Å². The topological polar surface area (TPSA) is 124 Å². The predicted molar refractivity (Wildman–Crippen MR) is 209 cm³/mol. The normalized spacial score (nSPS) is 11.5. The van der Waals surface area contributed by atoms with Gasteiger partial charge in [-0.3, -0.25) is 14.6 Å². The minimum atomic E-state index is -0.741. The van der Waals surface area contributed by atoms with Crippen LogP contribution in [0.15, 0.2) is 39.3 Å². The van der Waals surface area contributed by atoms with Crippen LogP contribution in [0.5, 0.6) is 5.88 Å². The van der Waals surface area contributed by atoms with E-state index in [9.17, 15) is 19.5 Å². The maximum Gasteiger partial charge on any atom is 0.343 e. The Morgan fingerprint density at radius 2 is 1.16 bits per heavy atom. The molecule has 0 aliphatic carbocycles. The summed E-state index contributed by atoms with van der Waals surface area (Å²) in [6.45, 7) is 11.4. The zero-order chi connectivity index (χ0) is 37.3. The summed E-state index contributed by atoms with van der Waals surface area (Å²) >= 11 is 0. The number of benzene rings is 1. The molecule has 1 heterocycles. The van der Waals surface area contributed by atoms with E-state index in [1.54, 1.807) is 45.0 Å². The van der Waals surface area contributed by atoms with Crippen LogP contribution in [-0.4, -0.2) is 46.6 Å². The van der Waals surface area contributed by atoms with Crippen LogP contribution < -0.4 is 5.56 Å². The number of rotatable bonds is 28. The van der Waals surface area contributed by atoms with Crippen molar-refractivity contribution in [3.63, 3.8) is 0 Å². The fourth-order valence-corrected chi connectivity index (χ4v) is 6.52. The molecule has 0 saturated carbocycles. The van der Waals surface area contributed by atoms with Gasteiger partial charge >= 0.3 is 5.97 Å². The fourth-order valence-electron chi connectivity index (χ4n) is 6.52. The molecule has 0 bridgehead atoms. The Kier molecular flexibility index (Phi) is 22.5. The van der Waals surface area contributed by atoms with Crippen molar-refractivity contribution in [3.8, 4) is 5.88 Å². The minimum absolute atomic E-state index is 0.0292. The molecule has 286 valence electrons. The van der Waals surface area contributed by atoms with Gasteiger partial charge in [0.05, 0.1) is 12.3 Å². The molecule has 9 nitrogen and oxygen atoms in total. The smallest absolute Gasteiger partial charge is 0.343 e. The Morgan fingerprint density at radius 3 is 1.59 bits per heavy atom. The third-order valence-electron chi connectivity index (χ3n) is 9.50. The number of H-pyrrole nitrogens is 1. The van der Waals surface area contributed by atoms with Gasteiger partial charge in [0.25, 0.3) is 11.5 Å². The molecular weight excluding hydrogens is 640 g/mol. The molecule has 0 unspecified atom stereocenters. The van der Waals surface area contributed by atoms with Crippen molar-refractivity contribution in [2.75, 3.05) is 19.7 Å². The summed E-state index contributed by atoms with van der Waals surface area (Å²) in [5, 5.41) is 18.8. The molecular formula is C42H68N4O5. The van der Waals surface area contributed by atoms with Crippen molar-refractivity contribution >= 4 is 23.3 Å². The van der Waals surface area contributed by atoms with Gasteiger partial charge in [0.15, 0.2) is 5.69 Å². The number of hydrogen-bond acceptors (Lipinski definition) is 7. The number of amides is 1. The molecule has 0 radical (unpaired) electrons. The summed E-state index contributed by atoms with van der Waals surface area (Å²) in [7, 11) is 0. The first-order valence-electron chi connectivity index (χ1n) is 20.2. The van der Waals surface area contributed by atoms with Crippen LogP contribution in [0, 0.1) is 0 Å². The van der Waals surface area contributed by atoms with E-state index in [-0.39, 0.29) is 35.2 Å². The lowest BCUT2D eigenvalue weighted by atomic mass is 9.97. The van der Waals surface area contributed by atoms with Gasteiger partial charge in [0.2, 0.25) is 5.88 Å². The number of aromatic nitrogens is 1. The highest BCUT2D eigenvalue weighted by molar-refractivity contribution is 5.95. The summed E-state index contributed by atoms with van der Waals surface area (Å²) in [5.41, 5.74) is 0.482. The highest BCUT2D eigenvalue weighted by Gasteiger charge is 2.26. The largest absolute Gasteiger partial charge is 0.494 e. The van der Waals surface area contributed by atoms with Gasteiger partial charge in [0, 0.05) is 24.2 Å². The van der Waals surface area contributed by atoms with E-state index in [0.717, 1.165) is 38.8 Å². The Bertz CT molecular complexity index is 1330. The highest BCUT2D eigenvalue weighted by atomic mass is 16.5. The van der Waals surface area contributed by atoms with Gasteiger partial charge in [-0.25, -0.2) is 4.79 Å². The lowest BCUT2D eigenvalue weighted by molar-refractivity contribution is 0.0520. The maximum atomic E-state index is 13.7. The summed E-state index contributed by atoms with van der Waals surface area (Å²) in [6, 6.07) is 6.95. The van der Waals surface area contributed by atoms with E-state index in [4.69, 9.17) is 4.74 Å². The summed E-state index contributed by atoms with van der Waals surface area (Å²) in [4.78, 5) is 43.4. The Labute approximate surface area is 308 Å². The standard InChI is InChI=1S/C42H68N4O5/c1-6-9-11-13-15-17-19-21-23-25-31-46(32-26-24-22-20-18-16-14-12-10-7-2)41(49)34-27-29-35(30-28-34)44-45-38-36(33(4)5)37(42(50)51-8-3)39(47)43-40(38)48/h27-30,33H,6-26,31-32H2,1-5H3,(H2,43,47,48). The van der Waals surface area contributed by atoms with Crippen LogP contribution in [0.3, 0.4) is 0 Å². The number of aromatic hydroxyl groups is 1. The number of nitrogens with zero attached hydrogens (tertiary/aromatic N) is 3. The quantitative estimate of drug-likeness (QED) is 0.0517. The lowest BCUT2D eigenvalue weighted by Gasteiger charge is -2.23. The number of aromatic amines is 1. The third-order valence-corrected chi connectivity index (χ3v) is 9.50. The number of azo groups is 1. The third kappa shape index (κ3) is 16.6. The molecule has 0 saturated heterocycles. The van der Waals surface area contributed by atoms with Crippen molar-refractivity contribution in [2.45, 2.75) is 169 Å². The van der Waals surface area contributed by atoms with E-state index in [2.05, 4.69) is 29.1 Å². The van der Waals surface area contributed by atoms with Crippen LogP contribution >= 0.6 is 0 Å². The molecule has 9 heteroatoms. The monoisotopic (exact) mass is 709 g/mol. The maximum absolute atomic E-state index is 13.7. The van der Waals surface area contributed by atoms with E-state index in [1.807, 2.05) is 4.90 Å². The zero-order valence-corrected chi connectivity index (χ0v) is 32.6. The summed E-state index contributed by atoms with van der Waals surface area (Å²) in [6.07, 6.45) is 25.2. The van der Waals surface area contributed by atoms with Gasteiger partial charge in [-0.2, -0.15) is 5.11 Å². The van der Waals surface area contributed by atoms with Crippen molar-refractivity contribution in [3.05, 3.63) is 51.3 Å². The number of unbranched alkanes of at least 4 members (excludes halogenated alkanes) is 18. The second-order valence-electron chi connectivity index (χ2n) is 14.2. The molecule has 2 aromatic rings. The Balaban J connectivity index is 2.05. The van der Waals surface area contributed by atoms with E-state index >= 15 is 0 Å².